The second kappa shape index (κ2) is 7.55. The molecular weight excluding hydrogens is 412 g/mol. The summed E-state index contributed by atoms with van der Waals surface area (Å²) in [7, 11) is 4.12. The van der Waals surface area contributed by atoms with Gasteiger partial charge in [-0.2, -0.15) is 0 Å². The first-order valence-electron chi connectivity index (χ1n) is 11.4. The highest BCUT2D eigenvalue weighted by molar-refractivity contribution is 5.89. The second-order valence-electron chi connectivity index (χ2n) is 9.55. The number of likely N-dealkylation sites (N-methyl/N-ethyl adjacent to an activating group) is 2. The summed E-state index contributed by atoms with van der Waals surface area (Å²) in [4.78, 5) is 16.9. The van der Waals surface area contributed by atoms with Crippen molar-refractivity contribution in [1.82, 2.24) is 4.90 Å². The second-order valence-corrected chi connectivity index (χ2v) is 9.55. The summed E-state index contributed by atoms with van der Waals surface area (Å²) < 4.78 is 12.6. The van der Waals surface area contributed by atoms with Crippen LogP contribution in [-0.2, 0) is 14.9 Å². The Balaban J connectivity index is 1.45. The van der Waals surface area contributed by atoms with Crippen molar-refractivity contribution in [1.29, 1.82) is 0 Å². The molecule has 0 bridgehead atoms. The molecule has 0 saturated heterocycles. The van der Waals surface area contributed by atoms with Crippen molar-refractivity contribution < 1.29 is 14.3 Å². The topological polar surface area (TPSA) is 42.0 Å². The van der Waals surface area contributed by atoms with Crippen molar-refractivity contribution in [3.8, 4) is 0 Å². The van der Waals surface area contributed by atoms with Crippen molar-refractivity contribution in [3.05, 3.63) is 101 Å². The molecule has 5 heteroatoms. The molecule has 3 heterocycles. The van der Waals surface area contributed by atoms with E-state index in [1.165, 1.54) is 11.3 Å². The van der Waals surface area contributed by atoms with Crippen LogP contribution in [0.15, 0.2) is 89.9 Å². The maximum absolute atomic E-state index is 12.5. The minimum atomic E-state index is -0.631. The molecule has 0 amide bonds. The Labute approximate surface area is 195 Å². The fourth-order valence-electron chi connectivity index (χ4n) is 5.24. The first kappa shape index (κ1) is 21.4. The summed E-state index contributed by atoms with van der Waals surface area (Å²) in [6, 6.07) is 17.6. The van der Waals surface area contributed by atoms with Crippen molar-refractivity contribution in [2.75, 3.05) is 25.6 Å². The van der Waals surface area contributed by atoms with E-state index in [2.05, 4.69) is 74.0 Å². The summed E-state index contributed by atoms with van der Waals surface area (Å²) in [6.07, 6.45) is 6.36. The number of nitrogens with zero attached hydrogens (tertiary/aromatic N) is 2. The summed E-state index contributed by atoms with van der Waals surface area (Å²) >= 11 is 0. The fraction of sp³-hybridized carbons (Fsp3) is 0.321. The van der Waals surface area contributed by atoms with Crippen LogP contribution in [0.4, 0.5) is 5.69 Å². The highest BCUT2D eigenvalue weighted by Crippen LogP contribution is 2.55. The van der Waals surface area contributed by atoms with Crippen molar-refractivity contribution >= 4 is 11.7 Å². The average Bonchev–Trinajstić information content (AvgIpc) is 2.99. The van der Waals surface area contributed by atoms with E-state index in [1.54, 1.807) is 12.1 Å². The van der Waals surface area contributed by atoms with Gasteiger partial charge in [0.25, 0.3) is 0 Å². The number of hydrogen-bond donors (Lipinski definition) is 0. The van der Waals surface area contributed by atoms with E-state index in [-0.39, 0.29) is 24.0 Å². The Hall–Kier alpha value is -3.47. The summed E-state index contributed by atoms with van der Waals surface area (Å²) in [5.74, 6) is 0.574. The summed E-state index contributed by atoms with van der Waals surface area (Å²) in [5, 5.41) is 0. The van der Waals surface area contributed by atoms with Gasteiger partial charge < -0.3 is 19.3 Å². The summed E-state index contributed by atoms with van der Waals surface area (Å²) in [5.41, 5.74) is 4.03. The predicted octanol–water partition coefficient (Wildman–Crippen LogP) is 5.03. The fourth-order valence-corrected chi connectivity index (χ4v) is 5.24. The number of para-hydroxylation sites is 1. The number of ether oxygens (including phenoxy) is 2. The number of esters is 1. The molecule has 33 heavy (non-hydrogen) atoms. The highest BCUT2D eigenvalue weighted by Gasteiger charge is 2.58. The lowest BCUT2D eigenvalue weighted by Crippen LogP contribution is -2.57. The van der Waals surface area contributed by atoms with Gasteiger partial charge in [-0.3, -0.25) is 0 Å². The van der Waals surface area contributed by atoms with Crippen LogP contribution < -0.4 is 4.90 Å². The summed E-state index contributed by atoms with van der Waals surface area (Å²) in [6.45, 7) is 6.80. The monoisotopic (exact) mass is 442 g/mol. The van der Waals surface area contributed by atoms with E-state index in [1.807, 2.05) is 31.4 Å². The number of anilines is 1. The Morgan fingerprint density at radius 1 is 1.06 bits per heavy atom. The van der Waals surface area contributed by atoms with Crippen LogP contribution in [0.3, 0.4) is 0 Å². The highest BCUT2D eigenvalue weighted by atomic mass is 16.5. The van der Waals surface area contributed by atoms with Crippen LogP contribution in [0.5, 0.6) is 0 Å². The first-order chi connectivity index (χ1) is 15.8. The quantitative estimate of drug-likeness (QED) is 0.624. The molecule has 0 radical (unpaired) electrons. The van der Waals surface area contributed by atoms with Gasteiger partial charge in [-0.1, -0.05) is 36.4 Å². The number of rotatable bonds is 3. The molecule has 5 rings (SSSR count). The molecule has 2 aromatic carbocycles. The molecule has 3 aliphatic rings. The smallest absolute Gasteiger partial charge is 0.338 e. The van der Waals surface area contributed by atoms with Crippen LogP contribution in [0, 0.1) is 0 Å². The van der Waals surface area contributed by atoms with Gasteiger partial charge in [0.15, 0.2) is 0 Å². The van der Waals surface area contributed by atoms with E-state index in [0.29, 0.717) is 5.56 Å². The molecule has 3 aliphatic heterocycles. The lowest BCUT2D eigenvalue weighted by atomic mass is 9.76. The maximum Gasteiger partial charge on any atom is 0.338 e. The molecule has 2 unspecified atom stereocenters. The van der Waals surface area contributed by atoms with Crippen LogP contribution in [0.1, 0.15) is 36.7 Å². The molecule has 2 aromatic rings. The third-order valence-corrected chi connectivity index (χ3v) is 7.40. The molecule has 0 aliphatic carbocycles. The van der Waals surface area contributed by atoms with E-state index in [0.717, 1.165) is 16.9 Å². The van der Waals surface area contributed by atoms with Gasteiger partial charge in [0.05, 0.1) is 17.0 Å². The Morgan fingerprint density at radius 2 is 1.76 bits per heavy atom. The molecule has 2 atom stereocenters. The lowest BCUT2D eigenvalue weighted by molar-refractivity contribution is -0.0222. The van der Waals surface area contributed by atoms with Gasteiger partial charge in [0, 0.05) is 37.1 Å². The molecule has 5 nitrogen and oxygen atoms in total. The van der Waals surface area contributed by atoms with Crippen LogP contribution in [0.25, 0.3) is 0 Å². The number of allylic oxidation sites excluding steroid dienone is 1. The van der Waals surface area contributed by atoms with Gasteiger partial charge in [0.1, 0.15) is 12.4 Å². The maximum atomic E-state index is 12.5. The normalized spacial score (nSPS) is 24.9. The van der Waals surface area contributed by atoms with Gasteiger partial charge in [-0.25, -0.2) is 4.79 Å². The lowest BCUT2D eigenvalue weighted by Gasteiger charge is -2.49. The molecule has 0 fully saturated rings. The van der Waals surface area contributed by atoms with Gasteiger partial charge >= 0.3 is 5.97 Å². The average molecular weight is 443 g/mol. The van der Waals surface area contributed by atoms with Crippen molar-refractivity contribution in [2.45, 2.75) is 38.0 Å². The molecule has 0 aromatic heterocycles. The number of hydrogen-bond acceptors (Lipinski definition) is 5. The zero-order chi connectivity index (χ0) is 23.4. The van der Waals surface area contributed by atoms with Crippen LogP contribution in [0.2, 0.25) is 0 Å². The Kier molecular flexibility index (Phi) is 4.89. The number of benzene rings is 2. The predicted molar refractivity (Wildman–Crippen MR) is 130 cm³/mol. The molecule has 0 saturated carbocycles. The van der Waals surface area contributed by atoms with Crippen molar-refractivity contribution in [3.63, 3.8) is 0 Å². The van der Waals surface area contributed by atoms with E-state index in [4.69, 9.17) is 9.47 Å². The Bertz CT molecular complexity index is 1190. The van der Waals surface area contributed by atoms with Crippen LogP contribution >= 0.6 is 0 Å². The Morgan fingerprint density at radius 3 is 2.48 bits per heavy atom. The van der Waals surface area contributed by atoms with E-state index >= 15 is 0 Å². The van der Waals surface area contributed by atoms with E-state index in [9.17, 15) is 4.79 Å². The van der Waals surface area contributed by atoms with Crippen LogP contribution in [-0.4, -0.2) is 43.3 Å². The van der Waals surface area contributed by atoms with Gasteiger partial charge in [-0.15, -0.1) is 0 Å². The molecule has 0 N–H and O–H groups in total. The molecule has 1 spiro atoms. The third kappa shape index (κ3) is 3.10. The molecule has 170 valence electrons. The standard InChI is InChI=1S/C28H30N2O3/c1-19-25-22(21(17-29(19)4)18-32-26(31)20-11-7-6-8-12-20)15-16-28(33-25)27(2,3)23-13-9-10-14-24(23)30(28)5/h6-17,19H,18H2,1-5H3. The zero-order valence-electron chi connectivity index (χ0n) is 19.8. The minimum Gasteiger partial charge on any atom is -0.465 e. The number of carbonyl (C=O) groups excluding carboxylic acids is 1. The SMILES string of the molecule is CC1C2=C(C=CC3(O2)N(C)c2ccccc2C3(C)C)C(COC(=O)c2ccccc2)=CN1C. The largest absolute Gasteiger partial charge is 0.465 e. The third-order valence-electron chi connectivity index (χ3n) is 7.40. The zero-order valence-corrected chi connectivity index (χ0v) is 19.8. The van der Waals surface area contributed by atoms with E-state index < -0.39 is 5.72 Å². The minimum absolute atomic E-state index is 0.0586. The number of fused-ring (bicyclic) bond motifs is 1. The van der Waals surface area contributed by atoms with Crippen molar-refractivity contribution in [2.24, 2.45) is 0 Å². The molecular formula is C28H30N2O3. The van der Waals surface area contributed by atoms with Gasteiger partial charge in [-0.05, 0) is 56.7 Å². The number of carbonyl (C=O) groups is 1. The first-order valence-corrected chi connectivity index (χ1v) is 11.4. The van der Waals surface area contributed by atoms with Gasteiger partial charge in [0.2, 0.25) is 5.72 Å².